The highest BCUT2D eigenvalue weighted by molar-refractivity contribution is 5.91. The van der Waals surface area contributed by atoms with E-state index in [9.17, 15) is 14.4 Å². The first-order chi connectivity index (χ1) is 15.8. The minimum Gasteiger partial charge on any atom is -0.438 e. The fourth-order valence-electron chi connectivity index (χ4n) is 3.81. The predicted octanol–water partition coefficient (Wildman–Crippen LogP) is 4.57. The van der Waals surface area contributed by atoms with E-state index >= 15 is 0 Å². The highest BCUT2D eigenvalue weighted by Crippen LogP contribution is 2.34. The molecule has 2 atom stereocenters. The molecule has 1 saturated heterocycles. The van der Waals surface area contributed by atoms with Crippen LogP contribution >= 0.6 is 0 Å². The maximum Gasteiger partial charge on any atom is 0.411 e. The van der Waals surface area contributed by atoms with Crippen molar-refractivity contribution in [3.63, 3.8) is 0 Å². The molecule has 2 aromatic rings. The Morgan fingerprint density at radius 3 is 2.48 bits per heavy atom. The lowest BCUT2D eigenvalue weighted by atomic mass is 10.00. The van der Waals surface area contributed by atoms with Crippen LogP contribution in [0.1, 0.15) is 56.4 Å². The number of ether oxygens (including phenoxy) is 1. The molecule has 176 valence electrons. The average Bonchev–Trinajstić information content (AvgIpc) is 3.10. The van der Waals surface area contributed by atoms with E-state index in [4.69, 9.17) is 4.74 Å². The van der Waals surface area contributed by atoms with E-state index in [1.54, 1.807) is 31.2 Å². The maximum absolute atomic E-state index is 13.2. The first-order valence-corrected chi connectivity index (χ1v) is 11.5. The molecule has 0 spiro atoms. The number of benzene rings is 2. The number of nitrogens with zero attached hydrogens (tertiary/aromatic N) is 1. The number of hydrogen-bond acceptors (Lipinski definition) is 4. The van der Waals surface area contributed by atoms with Crippen molar-refractivity contribution >= 4 is 23.6 Å². The predicted molar refractivity (Wildman–Crippen MR) is 128 cm³/mol. The molecule has 0 saturated carbocycles. The summed E-state index contributed by atoms with van der Waals surface area (Å²) in [6.07, 6.45) is -0.0259. The van der Waals surface area contributed by atoms with Gasteiger partial charge in [-0.2, -0.15) is 0 Å². The summed E-state index contributed by atoms with van der Waals surface area (Å²) in [5.41, 5.74) is 3.38. The quantitative estimate of drug-likeness (QED) is 0.585. The number of carbonyl (C=O) groups is 3. The third-order valence-corrected chi connectivity index (χ3v) is 5.65. The Kier molecular flexibility index (Phi) is 8.09. The maximum atomic E-state index is 13.2. The second-order valence-corrected chi connectivity index (χ2v) is 8.86. The number of cyclic esters (lactones) is 1. The zero-order chi connectivity index (χ0) is 24.0. The summed E-state index contributed by atoms with van der Waals surface area (Å²) >= 11 is 0. The van der Waals surface area contributed by atoms with Gasteiger partial charge in [0, 0.05) is 18.7 Å². The first-order valence-electron chi connectivity index (χ1n) is 11.5. The molecule has 7 heteroatoms. The Labute approximate surface area is 195 Å². The highest BCUT2D eigenvalue weighted by Gasteiger charge is 2.46. The van der Waals surface area contributed by atoms with Crippen molar-refractivity contribution < 1.29 is 19.1 Å². The SMILES string of the molecule is CCC(=O)Nc1ccc(C2OC(=O)N(Cc3cccc(C)c3)C2C(=O)NCCC(C)C)cc1. The van der Waals surface area contributed by atoms with Gasteiger partial charge in [0.25, 0.3) is 0 Å². The molecule has 3 rings (SSSR count). The Morgan fingerprint density at radius 1 is 1.12 bits per heavy atom. The third-order valence-electron chi connectivity index (χ3n) is 5.65. The molecule has 0 aliphatic carbocycles. The number of hydrogen-bond donors (Lipinski definition) is 2. The summed E-state index contributed by atoms with van der Waals surface area (Å²) in [6, 6.07) is 14.2. The Bertz CT molecular complexity index is 987. The van der Waals surface area contributed by atoms with E-state index in [1.165, 1.54) is 4.90 Å². The average molecular weight is 452 g/mol. The zero-order valence-electron chi connectivity index (χ0n) is 19.8. The first kappa shape index (κ1) is 24.3. The van der Waals surface area contributed by atoms with Gasteiger partial charge in [-0.1, -0.05) is 62.7 Å². The van der Waals surface area contributed by atoms with E-state index in [1.807, 2.05) is 31.2 Å². The van der Waals surface area contributed by atoms with Gasteiger partial charge in [0.15, 0.2) is 12.1 Å². The van der Waals surface area contributed by atoms with Gasteiger partial charge >= 0.3 is 6.09 Å². The summed E-state index contributed by atoms with van der Waals surface area (Å²) in [6.45, 7) is 8.79. The lowest BCUT2D eigenvalue weighted by Crippen LogP contribution is -2.46. The van der Waals surface area contributed by atoms with E-state index < -0.39 is 18.2 Å². The second-order valence-electron chi connectivity index (χ2n) is 8.86. The monoisotopic (exact) mass is 451 g/mol. The van der Waals surface area contributed by atoms with Crippen LogP contribution in [0.3, 0.4) is 0 Å². The summed E-state index contributed by atoms with van der Waals surface area (Å²) in [7, 11) is 0. The zero-order valence-corrected chi connectivity index (χ0v) is 19.8. The smallest absolute Gasteiger partial charge is 0.411 e. The number of aryl methyl sites for hydroxylation is 1. The fourth-order valence-corrected chi connectivity index (χ4v) is 3.81. The van der Waals surface area contributed by atoms with Crippen LogP contribution < -0.4 is 10.6 Å². The molecular formula is C26H33N3O4. The molecule has 33 heavy (non-hydrogen) atoms. The summed E-state index contributed by atoms with van der Waals surface area (Å²) in [5, 5.41) is 5.78. The van der Waals surface area contributed by atoms with Gasteiger partial charge in [-0.3, -0.25) is 14.5 Å². The summed E-state index contributed by atoms with van der Waals surface area (Å²) < 4.78 is 5.70. The van der Waals surface area contributed by atoms with Gasteiger partial charge in [0.1, 0.15) is 0 Å². The second kappa shape index (κ2) is 11.0. The van der Waals surface area contributed by atoms with Gasteiger partial charge in [0.05, 0.1) is 6.54 Å². The van der Waals surface area contributed by atoms with Crippen LogP contribution in [0, 0.1) is 12.8 Å². The largest absolute Gasteiger partial charge is 0.438 e. The van der Waals surface area contributed by atoms with Crippen LogP contribution in [0.2, 0.25) is 0 Å². The van der Waals surface area contributed by atoms with Crippen LogP contribution in [-0.2, 0) is 20.9 Å². The molecule has 1 heterocycles. The van der Waals surface area contributed by atoms with Crippen molar-refractivity contribution in [2.24, 2.45) is 5.92 Å². The van der Waals surface area contributed by atoms with Crippen molar-refractivity contribution in [2.75, 3.05) is 11.9 Å². The molecule has 0 bridgehead atoms. The van der Waals surface area contributed by atoms with Crippen LogP contribution in [0.4, 0.5) is 10.5 Å². The molecule has 3 amide bonds. The van der Waals surface area contributed by atoms with Crippen LogP contribution in [-0.4, -0.2) is 35.4 Å². The molecule has 1 fully saturated rings. The van der Waals surface area contributed by atoms with Crippen molar-refractivity contribution in [1.82, 2.24) is 10.2 Å². The van der Waals surface area contributed by atoms with Gasteiger partial charge in [-0.25, -0.2) is 4.79 Å². The van der Waals surface area contributed by atoms with Crippen molar-refractivity contribution in [1.29, 1.82) is 0 Å². The fraction of sp³-hybridized carbons (Fsp3) is 0.423. The molecule has 0 radical (unpaired) electrons. The number of nitrogens with one attached hydrogen (secondary N) is 2. The molecular weight excluding hydrogens is 418 g/mol. The van der Waals surface area contributed by atoms with Gasteiger partial charge < -0.3 is 15.4 Å². The van der Waals surface area contributed by atoms with Crippen molar-refractivity contribution in [3.05, 3.63) is 65.2 Å². The Balaban J connectivity index is 1.85. The molecule has 7 nitrogen and oxygen atoms in total. The minimum absolute atomic E-state index is 0.0817. The highest BCUT2D eigenvalue weighted by atomic mass is 16.6. The lowest BCUT2D eigenvalue weighted by Gasteiger charge is -2.24. The summed E-state index contributed by atoms with van der Waals surface area (Å²) in [4.78, 5) is 39.2. The standard InChI is InChI=1S/C26H33N3O4/c1-5-22(30)28-21-11-9-20(10-12-21)24-23(25(31)27-14-13-17(2)3)29(26(32)33-24)16-19-8-6-7-18(4)15-19/h6-12,15,17,23-24H,5,13-14,16H2,1-4H3,(H,27,31)(H,28,30). The Hall–Kier alpha value is -3.35. The van der Waals surface area contributed by atoms with Crippen molar-refractivity contribution in [3.8, 4) is 0 Å². The summed E-state index contributed by atoms with van der Waals surface area (Å²) in [5.74, 6) is 0.140. The topological polar surface area (TPSA) is 87.7 Å². The molecule has 2 unspecified atom stereocenters. The lowest BCUT2D eigenvalue weighted by molar-refractivity contribution is -0.126. The van der Waals surface area contributed by atoms with E-state index in [0.717, 1.165) is 17.5 Å². The normalized spacial score (nSPS) is 17.7. The van der Waals surface area contributed by atoms with Crippen LogP contribution in [0.15, 0.2) is 48.5 Å². The molecule has 2 aromatic carbocycles. The number of rotatable bonds is 9. The number of carbonyl (C=O) groups excluding carboxylic acids is 3. The van der Waals surface area contributed by atoms with Gasteiger partial charge in [-0.05, 0) is 42.5 Å². The minimum atomic E-state index is -0.791. The number of amides is 3. The van der Waals surface area contributed by atoms with E-state index in [0.29, 0.717) is 30.1 Å². The molecule has 0 aromatic heterocycles. The van der Waals surface area contributed by atoms with E-state index in [-0.39, 0.29) is 18.4 Å². The van der Waals surface area contributed by atoms with Gasteiger partial charge in [0.2, 0.25) is 11.8 Å². The number of anilines is 1. The molecule has 1 aliphatic rings. The van der Waals surface area contributed by atoms with Crippen LogP contribution in [0.25, 0.3) is 0 Å². The van der Waals surface area contributed by atoms with Crippen molar-refractivity contribution in [2.45, 2.75) is 59.2 Å². The third kappa shape index (κ3) is 6.34. The van der Waals surface area contributed by atoms with Gasteiger partial charge in [-0.15, -0.1) is 0 Å². The molecule has 1 aliphatic heterocycles. The van der Waals surface area contributed by atoms with E-state index in [2.05, 4.69) is 24.5 Å². The molecule has 2 N–H and O–H groups in total. The van der Waals surface area contributed by atoms with Crippen LogP contribution in [0.5, 0.6) is 0 Å². The Morgan fingerprint density at radius 2 is 1.85 bits per heavy atom.